The van der Waals surface area contributed by atoms with Crippen molar-refractivity contribution in [2.24, 2.45) is 0 Å². The van der Waals surface area contributed by atoms with Crippen LogP contribution in [0, 0.1) is 0 Å². The molecule has 0 unspecified atom stereocenters. The lowest BCUT2D eigenvalue weighted by atomic mass is 10.3. The first-order chi connectivity index (χ1) is 14.2. The molecule has 1 amide bonds. The molecular formula is C21H18N2O6. The molecule has 0 radical (unpaired) electrons. The fourth-order valence-corrected chi connectivity index (χ4v) is 2.63. The fraction of sp³-hybridized carbons (Fsp3) is 0.0952. The molecule has 0 saturated carbocycles. The first-order valence-corrected chi connectivity index (χ1v) is 8.76. The molecule has 5 rings (SSSR count). The van der Waals surface area contributed by atoms with E-state index in [9.17, 15) is 4.79 Å². The number of rotatable bonds is 2. The zero-order chi connectivity index (χ0) is 20.1. The predicted octanol–water partition coefficient (Wildman–Crippen LogP) is 4.02. The third-order valence-corrected chi connectivity index (χ3v) is 3.97. The van der Waals surface area contributed by atoms with Gasteiger partial charge in [-0.3, -0.25) is 5.32 Å². The van der Waals surface area contributed by atoms with Crippen LogP contribution in [0.3, 0.4) is 0 Å². The maximum Gasteiger partial charge on any atom is 0.417 e. The minimum absolute atomic E-state index is 0.202. The maximum absolute atomic E-state index is 11.7. The summed E-state index contributed by atoms with van der Waals surface area (Å²) < 4.78 is 25.7. The molecule has 0 aliphatic carbocycles. The van der Waals surface area contributed by atoms with E-state index in [4.69, 9.17) is 29.4 Å². The van der Waals surface area contributed by atoms with Gasteiger partial charge >= 0.3 is 6.09 Å². The number of anilines is 2. The lowest BCUT2D eigenvalue weighted by molar-refractivity contribution is 0.173. The quantitative estimate of drug-likeness (QED) is 0.633. The van der Waals surface area contributed by atoms with Crippen LogP contribution >= 0.6 is 0 Å². The van der Waals surface area contributed by atoms with Gasteiger partial charge in [-0.15, -0.1) is 0 Å². The van der Waals surface area contributed by atoms with E-state index >= 15 is 0 Å². The molecule has 0 spiro atoms. The molecule has 0 fully saturated rings. The maximum atomic E-state index is 11.7. The Bertz CT molecular complexity index is 1010. The van der Waals surface area contributed by atoms with Crippen molar-refractivity contribution in [1.29, 1.82) is 0 Å². The topological polar surface area (TPSA) is 101 Å². The Hall–Kier alpha value is -4.07. The van der Waals surface area contributed by atoms with Crippen LogP contribution in [0.15, 0.2) is 66.7 Å². The number of carbonyl (C=O) groups is 1. The summed E-state index contributed by atoms with van der Waals surface area (Å²) in [7, 11) is 0. The van der Waals surface area contributed by atoms with Crippen LogP contribution in [-0.4, -0.2) is 19.7 Å². The van der Waals surface area contributed by atoms with Crippen LogP contribution < -0.4 is 34.7 Å². The second-order valence-electron chi connectivity index (χ2n) is 6.01. The smallest absolute Gasteiger partial charge is 0.417 e. The number of fused-ring (bicyclic) bond motifs is 2. The van der Waals surface area contributed by atoms with E-state index in [-0.39, 0.29) is 6.79 Å². The summed E-state index contributed by atoms with van der Waals surface area (Å²) in [6.07, 6.45) is -0.551. The summed E-state index contributed by atoms with van der Waals surface area (Å²) in [5.41, 5.74) is 6.78. The van der Waals surface area contributed by atoms with E-state index in [1.54, 1.807) is 60.7 Å². The number of nitrogen functional groups attached to an aromatic ring is 1. The largest absolute Gasteiger partial charge is 0.454 e. The summed E-state index contributed by atoms with van der Waals surface area (Å²) >= 11 is 0. The third kappa shape index (κ3) is 4.62. The van der Waals surface area contributed by atoms with Gasteiger partial charge in [0.25, 0.3) is 0 Å². The molecule has 8 heteroatoms. The van der Waals surface area contributed by atoms with Crippen LogP contribution in [0.2, 0.25) is 0 Å². The van der Waals surface area contributed by atoms with Crippen LogP contribution in [0.4, 0.5) is 16.2 Å². The van der Waals surface area contributed by atoms with E-state index in [1.165, 1.54) is 0 Å². The molecule has 2 aliphatic rings. The molecule has 0 bridgehead atoms. The van der Waals surface area contributed by atoms with Crippen LogP contribution in [0.5, 0.6) is 28.7 Å². The Balaban J connectivity index is 0.000000171. The summed E-state index contributed by atoms with van der Waals surface area (Å²) in [5.74, 6) is 3.27. The number of benzene rings is 3. The van der Waals surface area contributed by atoms with Crippen LogP contribution in [0.1, 0.15) is 0 Å². The molecule has 148 valence electrons. The molecule has 2 heterocycles. The van der Waals surface area contributed by atoms with Crippen molar-refractivity contribution in [3.05, 3.63) is 66.7 Å². The van der Waals surface area contributed by atoms with Crippen LogP contribution in [0.25, 0.3) is 0 Å². The van der Waals surface area contributed by atoms with Gasteiger partial charge in [0, 0.05) is 23.5 Å². The number of hydrogen-bond acceptors (Lipinski definition) is 7. The molecule has 29 heavy (non-hydrogen) atoms. The average Bonchev–Trinajstić information content (AvgIpc) is 3.37. The molecule has 3 aromatic rings. The van der Waals surface area contributed by atoms with E-state index in [0.717, 1.165) is 11.5 Å². The highest BCUT2D eigenvalue weighted by Crippen LogP contribution is 2.34. The van der Waals surface area contributed by atoms with Gasteiger partial charge in [0.2, 0.25) is 13.6 Å². The number of nitrogens with two attached hydrogens (primary N) is 1. The number of para-hydroxylation sites is 1. The monoisotopic (exact) mass is 394 g/mol. The molecular weight excluding hydrogens is 376 g/mol. The second kappa shape index (κ2) is 8.30. The van der Waals surface area contributed by atoms with Gasteiger partial charge < -0.3 is 29.4 Å². The van der Waals surface area contributed by atoms with Gasteiger partial charge in [0.05, 0.1) is 0 Å². The number of nitrogens with one attached hydrogen (secondary N) is 1. The predicted molar refractivity (Wildman–Crippen MR) is 106 cm³/mol. The van der Waals surface area contributed by atoms with Gasteiger partial charge in [-0.2, -0.15) is 0 Å². The highest BCUT2D eigenvalue weighted by Gasteiger charge is 2.14. The first kappa shape index (κ1) is 18.3. The normalized spacial score (nSPS) is 12.6. The summed E-state index contributed by atoms with van der Waals surface area (Å²) in [5, 5.41) is 2.62. The van der Waals surface area contributed by atoms with E-state index in [1.807, 2.05) is 6.07 Å². The molecule has 0 aromatic heterocycles. The molecule has 3 N–H and O–H groups in total. The second-order valence-corrected chi connectivity index (χ2v) is 6.01. The highest BCUT2D eigenvalue weighted by molar-refractivity contribution is 5.86. The van der Waals surface area contributed by atoms with Gasteiger partial charge in [-0.25, -0.2) is 4.79 Å². The Morgan fingerprint density at radius 1 is 0.793 bits per heavy atom. The Kier molecular flexibility index (Phi) is 5.24. The van der Waals surface area contributed by atoms with Gasteiger partial charge in [0.15, 0.2) is 23.0 Å². The fourth-order valence-electron chi connectivity index (χ4n) is 2.63. The van der Waals surface area contributed by atoms with Crippen molar-refractivity contribution in [3.8, 4) is 28.7 Å². The van der Waals surface area contributed by atoms with E-state index in [0.29, 0.717) is 35.4 Å². The van der Waals surface area contributed by atoms with Crippen molar-refractivity contribution in [3.63, 3.8) is 0 Å². The minimum Gasteiger partial charge on any atom is -0.454 e. The average molecular weight is 394 g/mol. The number of carbonyl (C=O) groups excluding carboxylic acids is 1. The Labute approximate surface area is 166 Å². The number of ether oxygens (including phenoxy) is 5. The van der Waals surface area contributed by atoms with E-state index in [2.05, 4.69) is 5.32 Å². The third-order valence-electron chi connectivity index (χ3n) is 3.97. The highest BCUT2D eigenvalue weighted by atomic mass is 16.7. The van der Waals surface area contributed by atoms with Crippen molar-refractivity contribution >= 4 is 17.5 Å². The van der Waals surface area contributed by atoms with Crippen molar-refractivity contribution < 1.29 is 28.5 Å². The first-order valence-electron chi connectivity index (χ1n) is 8.76. The SMILES string of the molecule is Nc1ccc2c(c1)OCO2.O=C(Nc1ccc2c(c1)OCO2)Oc1ccccc1. The lowest BCUT2D eigenvalue weighted by Crippen LogP contribution is -2.16. The Morgan fingerprint density at radius 2 is 1.41 bits per heavy atom. The number of hydrogen-bond donors (Lipinski definition) is 2. The Morgan fingerprint density at radius 3 is 2.14 bits per heavy atom. The molecule has 3 aromatic carbocycles. The van der Waals surface area contributed by atoms with Crippen molar-refractivity contribution in [2.45, 2.75) is 0 Å². The van der Waals surface area contributed by atoms with Crippen molar-refractivity contribution in [1.82, 2.24) is 0 Å². The number of amides is 1. The molecule has 2 aliphatic heterocycles. The summed E-state index contributed by atoms with van der Waals surface area (Å²) in [4.78, 5) is 11.7. The van der Waals surface area contributed by atoms with Crippen LogP contribution in [-0.2, 0) is 0 Å². The standard InChI is InChI=1S/C14H11NO4.C7H7NO2/c16-14(19-11-4-2-1-3-5-11)15-10-6-7-12-13(8-10)18-9-17-12;8-5-1-2-6-7(3-5)10-4-9-6/h1-8H,9H2,(H,15,16);1-3H,4,8H2. The molecule has 0 saturated heterocycles. The molecule has 0 atom stereocenters. The van der Waals surface area contributed by atoms with Gasteiger partial charge in [-0.05, 0) is 36.4 Å². The summed E-state index contributed by atoms with van der Waals surface area (Å²) in [6, 6.07) is 19.3. The molecule has 8 nitrogen and oxygen atoms in total. The lowest BCUT2D eigenvalue weighted by Gasteiger charge is -2.07. The van der Waals surface area contributed by atoms with Crippen molar-refractivity contribution in [2.75, 3.05) is 24.6 Å². The van der Waals surface area contributed by atoms with E-state index < -0.39 is 6.09 Å². The zero-order valence-electron chi connectivity index (χ0n) is 15.3. The zero-order valence-corrected chi connectivity index (χ0v) is 15.3. The van der Waals surface area contributed by atoms with Gasteiger partial charge in [0.1, 0.15) is 5.75 Å². The van der Waals surface area contributed by atoms with Gasteiger partial charge in [-0.1, -0.05) is 18.2 Å². The summed E-state index contributed by atoms with van der Waals surface area (Å²) in [6.45, 7) is 0.506. The minimum atomic E-state index is -0.551.